The van der Waals surface area contributed by atoms with Crippen molar-refractivity contribution in [3.8, 4) is 17.1 Å². The van der Waals surface area contributed by atoms with E-state index in [0.717, 1.165) is 29.8 Å². The molecule has 6 heteroatoms. The standard InChI is InChI=1S/C16H18N4OS/c1-3-5-10-22-16-18-15-14(19-20-16)11-8-6-7-9-12(11)17-13(4-2)21-15/h6-9H,3-5,10H2,1-2H3. The van der Waals surface area contributed by atoms with Gasteiger partial charge in [-0.05, 0) is 12.5 Å². The highest BCUT2D eigenvalue weighted by Crippen LogP contribution is 2.37. The van der Waals surface area contributed by atoms with E-state index in [1.54, 1.807) is 11.8 Å². The Bertz CT molecular complexity index is 702. The number of nitrogens with zero attached hydrogens (tertiary/aromatic N) is 4. The van der Waals surface area contributed by atoms with Crippen LogP contribution >= 0.6 is 11.8 Å². The molecule has 2 aromatic rings. The number of unbranched alkanes of at least 4 members (excludes halogenated alkanes) is 1. The van der Waals surface area contributed by atoms with E-state index >= 15 is 0 Å². The summed E-state index contributed by atoms with van der Waals surface area (Å²) in [6.07, 6.45) is 2.99. The summed E-state index contributed by atoms with van der Waals surface area (Å²) >= 11 is 1.61. The number of hydrogen-bond donors (Lipinski definition) is 0. The topological polar surface area (TPSA) is 60.3 Å². The summed E-state index contributed by atoms with van der Waals surface area (Å²) in [4.78, 5) is 9.09. The zero-order chi connectivity index (χ0) is 15.4. The number of aromatic nitrogens is 3. The molecule has 5 nitrogen and oxygen atoms in total. The van der Waals surface area contributed by atoms with Gasteiger partial charge in [0.25, 0.3) is 5.88 Å². The van der Waals surface area contributed by atoms with E-state index in [0.29, 0.717) is 29.0 Å². The predicted octanol–water partition coefficient (Wildman–Crippen LogP) is 4.26. The Labute approximate surface area is 134 Å². The van der Waals surface area contributed by atoms with E-state index in [4.69, 9.17) is 4.74 Å². The highest BCUT2D eigenvalue weighted by Gasteiger charge is 2.21. The Kier molecular flexibility index (Phi) is 4.68. The van der Waals surface area contributed by atoms with Crippen LogP contribution in [0.15, 0.2) is 34.4 Å². The normalized spacial score (nSPS) is 12.7. The van der Waals surface area contributed by atoms with Crippen LogP contribution in [0, 0.1) is 0 Å². The van der Waals surface area contributed by atoms with Gasteiger partial charge >= 0.3 is 0 Å². The van der Waals surface area contributed by atoms with E-state index in [2.05, 4.69) is 27.1 Å². The fourth-order valence-corrected chi connectivity index (χ4v) is 2.96. The second-order valence-electron chi connectivity index (χ2n) is 4.93. The van der Waals surface area contributed by atoms with Crippen molar-refractivity contribution in [2.45, 2.75) is 38.3 Å². The first-order valence-electron chi connectivity index (χ1n) is 7.54. The Balaban J connectivity index is 1.99. The highest BCUT2D eigenvalue weighted by atomic mass is 32.2. The van der Waals surface area contributed by atoms with Crippen molar-refractivity contribution in [1.29, 1.82) is 0 Å². The maximum atomic E-state index is 5.86. The molecule has 0 N–H and O–H groups in total. The van der Waals surface area contributed by atoms with Gasteiger partial charge in [0, 0.05) is 17.7 Å². The monoisotopic (exact) mass is 314 g/mol. The fourth-order valence-electron chi connectivity index (χ4n) is 2.10. The average Bonchev–Trinajstić information content (AvgIpc) is 2.71. The van der Waals surface area contributed by atoms with Crippen molar-refractivity contribution >= 4 is 23.3 Å². The summed E-state index contributed by atoms with van der Waals surface area (Å²) in [5, 5.41) is 9.22. The third-order valence-electron chi connectivity index (χ3n) is 3.29. The van der Waals surface area contributed by atoms with Crippen LogP contribution in [0.2, 0.25) is 0 Å². The van der Waals surface area contributed by atoms with Crippen molar-refractivity contribution < 1.29 is 4.74 Å². The molecule has 0 aliphatic carbocycles. The molecule has 0 radical (unpaired) electrons. The van der Waals surface area contributed by atoms with Crippen LogP contribution in [0.4, 0.5) is 5.69 Å². The lowest BCUT2D eigenvalue weighted by molar-refractivity contribution is 0.502. The third kappa shape index (κ3) is 3.11. The fraction of sp³-hybridized carbons (Fsp3) is 0.375. The molecule has 0 saturated carbocycles. The lowest BCUT2D eigenvalue weighted by Crippen LogP contribution is -2.08. The first kappa shape index (κ1) is 15.0. The highest BCUT2D eigenvalue weighted by molar-refractivity contribution is 7.99. The van der Waals surface area contributed by atoms with E-state index in [-0.39, 0.29) is 0 Å². The molecule has 1 aliphatic rings. The largest absolute Gasteiger partial charge is 0.422 e. The molecular formula is C16H18N4OS. The van der Waals surface area contributed by atoms with Crippen LogP contribution < -0.4 is 4.74 Å². The molecule has 0 atom stereocenters. The first-order chi connectivity index (χ1) is 10.8. The van der Waals surface area contributed by atoms with Gasteiger partial charge in [-0.2, -0.15) is 4.98 Å². The molecule has 3 rings (SSSR count). The molecular weight excluding hydrogens is 296 g/mol. The number of hydrogen-bond acceptors (Lipinski definition) is 6. The summed E-state index contributed by atoms with van der Waals surface area (Å²) in [5.41, 5.74) is 2.41. The molecule has 1 aliphatic heterocycles. The van der Waals surface area contributed by atoms with Gasteiger partial charge in [0.1, 0.15) is 0 Å². The number of para-hydroxylation sites is 1. The first-order valence-corrected chi connectivity index (χ1v) is 8.52. The molecule has 0 spiro atoms. The van der Waals surface area contributed by atoms with Crippen LogP contribution in [0.1, 0.15) is 33.1 Å². The van der Waals surface area contributed by atoms with Gasteiger partial charge in [-0.1, -0.05) is 50.2 Å². The van der Waals surface area contributed by atoms with Gasteiger partial charge < -0.3 is 4.74 Å². The smallest absolute Gasteiger partial charge is 0.251 e. The average molecular weight is 314 g/mol. The minimum Gasteiger partial charge on any atom is -0.422 e. The molecule has 2 heterocycles. The van der Waals surface area contributed by atoms with Crippen LogP contribution in [-0.4, -0.2) is 26.8 Å². The predicted molar refractivity (Wildman–Crippen MR) is 88.9 cm³/mol. The molecule has 0 fully saturated rings. The Morgan fingerprint density at radius 1 is 1.14 bits per heavy atom. The lowest BCUT2D eigenvalue weighted by Gasteiger charge is -2.07. The minimum atomic E-state index is 0.500. The maximum absolute atomic E-state index is 5.86. The van der Waals surface area contributed by atoms with Crippen molar-refractivity contribution in [3.05, 3.63) is 24.3 Å². The zero-order valence-electron chi connectivity index (χ0n) is 12.7. The summed E-state index contributed by atoms with van der Waals surface area (Å²) in [6, 6.07) is 7.84. The van der Waals surface area contributed by atoms with Gasteiger partial charge in [-0.3, -0.25) is 0 Å². The number of fused-ring (bicyclic) bond motifs is 3. The summed E-state index contributed by atoms with van der Waals surface area (Å²) in [5.74, 6) is 2.14. The second kappa shape index (κ2) is 6.87. The Morgan fingerprint density at radius 3 is 2.82 bits per heavy atom. The second-order valence-corrected chi connectivity index (χ2v) is 5.99. The molecule has 0 bridgehead atoms. The van der Waals surface area contributed by atoms with Gasteiger partial charge in [-0.25, -0.2) is 4.99 Å². The molecule has 0 unspecified atom stereocenters. The lowest BCUT2D eigenvalue weighted by atomic mass is 10.1. The minimum absolute atomic E-state index is 0.500. The summed E-state index contributed by atoms with van der Waals surface area (Å²) < 4.78 is 5.86. The molecule has 0 amide bonds. The molecule has 0 saturated heterocycles. The number of thioether (sulfide) groups is 1. The van der Waals surface area contributed by atoms with Crippen molar-refractivity contribution in [3.63, 3.8) is 0 Å². The van der Waals surface area contributed by atoms with E-state index < -0.39 is 0 Å². The summed E-state index contributed by atoms with van der Waals surface area (Å²) in [6.45, 7) is 4.18. The number of ether oxygens (including phenoxy) is 1. The van der Waals surface area contributed by atoms with Crippen LogP contribution in [0.25, 0.3) is 11.3 Å². The van der Waals surface area contributed by atoms with Gasteiger partial charge in [0.15, 0.2) is 11.6 Å². The van der Waals surface area contributed by atoms with Gasteiger partial charge in [0.05, 0.1) is 5.69 Å². The maximum Gasteiger partial charge on any atom is 0.251 e. The molecule has 22 heavy (non-hydrogen) atoms. The molecule has 114 valence electrons. The van der Waals surface area contributed by atoms with E-state index in [1.807, 2.05) is 31.2 Å². The zero-order valence-corrected chi connectivity index (χ0v) is 13.6. The van der Waals surface area contributed by atoms with E-state index in [1.165, 1.54) is 0 Å². The van der Waals surface area contributed by atoms with Crippen LogP contribution in [0.3, 0.4) is 0 Å². The Morgan fingerprint density at radius 2 is 2.00 bits per heavy atom. The summed E-state index contributed by atoms with van der Waals surface area (Å²) in [7, 11) is 0. The SMILES string of the molecule is CCCCSc1nnc2c(n1)OC(CC)=Nc1ccccc1-2. The van der Waals surface area contributed by atoms with E-state index in [9.17, 15) is 0 Å². The third-order valence-corrected chi connectivity index (χ3v) is 4.21. The van der Waals surface area contributed by atoms with Crippen LogP contribution in [0.5, 0.6) is 5.88 Å². The number of rotatable bonds is 5. The van der Waals surface area contributed by atoms with Gasteiger partial charge in [-0.15, -0.1) is 10.2 Å². The quantitative estimate of drug-likeness (QED) is 0.609. The molecule has 1 aromatic heterocycles. The van der Waals surface area contributed by atoms with Crippen LogP contribution in [-0.2, 0) is 0 Å². The Hall–Kier alpha value is -1.95. The van der Waals surface area contributed by atoms with Crippen molar-refractivity contribution in [1.82, 2.24) is 15.2 Å². The van der Waals surface area contributed by atoms with Gasteiger partial charge in [0.2, 0.25) is 5.16 Å². The number of benzene rings is 1. The molecule has 1 aromatic carbocycles. The van der Waals surface area contributed by atoms with Crippen molar-refractivity contribution in [2.24, 2.45) is 4.99 Å². The van der Waals surface area contributed by atoms with Crippen molar-refractivity contribution in [2.75, 3.05) is 5.75 Å². The number of aliphatic imine (C=N–C) groups is 1.